The molecule has 6 nitrogen and oxygen atoms in total. The Morgan fingerprint density at radius 2 is 1.54 bits per heavy atom. The Bertz CT molecular complexity index is 1300. The van der Waals surface area contributed by atoms with Crippen molar-refractivity contribution in [1.82, 2.24) is 24.5 Å². The summed E-state index contributed by atoms with van der Waals surface area (Å²) < 4.78 is 7.11. The fourth-order valence-electron chi connectivity index (χ4n) is 3.28. The average Bonchev–Trinajstić information content (AvgIpc) is 3.34. The predicted octanol–water partition coefficient (Wildman–Crippen LogP) is 4.73. The maximum absolute atomic E-state index is 5.11. The zero-order valence-electron chi connectivity index (χ0n) is 15.5. The highest BCUT2D eigenvalue weighted by Crippen LogP contribution is 2.29. The quantitative estimate of drug-likeness (QED) is 0.461. The minimum atomic E-state index is 0.554. The number of rotatable bonds is 3. The molecule has 3 heterocycles. The summed E-state index contributed by atoms with van der Waals surface area (Å²) in [5.74, 6) is 1.85. The molecule has 0 spiro atoms. The molecule has 0 aliphatic carbocycles. The summed E-state index contributed by atoms with van der Waals surface area (Å²) in [4.78, 5) is 13.2. The van der Waals surface area contributed by atoms with Gasteiger partial charge in [-0.2, -0.15) is 4.98 Å². The Hall–Kier alpha value is -3.80. The summed E-state index contributed by atoms with van der Waals surface area (Å²) in [6.07, 6.45) is 3.87. The van der Waals surface area contributed by atoms with Crippen molar-refractivity contribution in [2.24, 2.45) is 0 Å². The van der Waals surface area contributed by atoms with Crippen molar-refractivity contribution in [2.75, 3.05) is 0 Å². The van der Waals surface area contributed by atoms with Gasteiger partial charge in [0.25, 0.3) is 0 Å². The summed E-state index contributed by atoms with van der Waals surface area (Å²) in [7, 11) is 0. The lowest BCUT2D eigenvalue weighted by Gasteiger charge is -2.07. The Balaban J connectivity index is 1.57. The molecule has 5 aromatic rings. The van der Waals surface area contributed by atoms with Crippen molar-refractivity contribution in [3.8, 4) is 33.8 Å². The van der Waals surface area contributed by atoms with E-state index in [1.807, 2.05) is 41.9 Å². The van der Waals surface area contributed by atoms with Crippen LogP contribution >= 0.6 is 0 Å². The van der Waals surface area contributed by atoms with Crippen LogP contribution in [0.3, 0.4) is 0 Å². The smallest absolute Gasteiger partial charge is 0.234 e. The molecule has 0 radical (unpaired) electrons. The van der Waals surface area contributed by atoms with Gasteiger partial charge in [-0.1, -0.05) is 41.6 Å². The SMILES string of the molecule is Cc1ccn2c(-c3cccc(-c4cccc(-c5noc(C)n5)c4)c3)cnc2n1. The summed E-state index contributed by atoms with van der Waals surface area (Å²) >= 11 is 0. The van der Waals surface area contributed by atoms with Crippen LogP contribution in [0.5, 0.6) is 0 Å². The number of aromatic nitrogens is 5. The van der Waals surface area contributed by atoms with Crippen molar-refractivity contribution in [2.45, 2.75) is 13.8 Å². The number of imidazole rings is 1. The molecule has 28 heavy (non-hydrogen) atoms. The molecular formula is C22H17N5O. The summed E-state index contributed by atoms with van der Waals surface area (Å²) in [5.41, 5.74) is 6.16. The summed E-state index contributed by atoms with van der Waals surface area (Å²) in [5, 5.41) is 4.02. The molecule has 136 valence electrons. The number of hydrogen-bond acceptors (Lipinski definition) is 5. The zero-order chi connectivity index (χ0) is 19.1. The van der Waals surface area contributed by atoms with Gasteiger partial charge in [-0.05, 0) is 36.2 Å². The van der Waals surface area contributed by atoms with Gasteiger partial charge >= 0.3 is 0 Å². The van der Waals surface area contributed by atoms with Gasteiger partial charge in [0.15, 0.2) is 0 Å². The van der Waals surface area contributed by atoms with Gasteiger partial charge in [0.1, 0.15) is 0 Å². The largest absolute Gasteiger partial charge is 0.339 e. The van der Waals surface area contributed by atoms with Crippen LogP contribution in [-0.4, -0.2) is 24.5 Å². The van der Waals surface area contributed by atoms with Gasteiger partial charge in [-0.3, -0.25) is 4.40 Å². The normalized spacial score (nSPS) is 11.2. The highest BCUT2D eigenvalue weighted by atomic mass is 16.5. The molecule has 0 atom stereocenters. The van der Waals surface area contributed by atoms with Crippen LogP contribution in [0.2, 0.25) is 0 Å². The minimum Gasteiger partial charge on any atom is -0.339 e. The van der Waals surface area contributed by atoms with Crippen LogP contribution in [-0.2, 0) is 0 Å². The predicted molar refractivity (Wildman–Crippen MR) is 107 cm³/mol. The maximum Gasteiger partial charge on any atom is 0.234 e. The number of aryl methyl sites for hydroxylation is 2. The van der Waals surface area contributed by atoms with Crippen LogP contribution in [0.1, 0.15) is 11.6 Å². The van der Waals surface area contributed by atoms with Gasteiger partial charge in [0.2, 0.25) is 17.5 Å². The van der Waals surface area contributed by atoms with E-state index in [1.165, 1.54) is 0 Å². The van der Waals surface area contributed by atoms with Gasteiger partial charge in [-0.15, -0.1) is 0 Å². The highest BCUT2D eigenvalue weighted by Gasteiger charge is 2.10. The van der Waals surface area contributed by atoms with Crippen LogP contribution in [0.4, 0.5) is 0 Å². The van der Waals surface area contributed by atoms with E-state index in [-0.39, 0.29) is 0 Å². The third-order valence-corrected chi connectivity index (χ3v) is 4.66. The Morgan fingerprint density at radius 1 is 0.821 bits per heavy atom. The van der Waals surface area contributed by atoms with E-state index in [0.717, 1.165) is 33.6 Å². The lowest BCUT2D eigenvalue weighted by molar-refractivity contribution is 0.394. The number of benzene rings is 2. The van der Waals surface area contributed by atoms with E-state index < -0.39 is 0 Å². The highest BCUT2D eigenvalue weighted by molar-refractivity contribution is 5.75. The number of nitrogens with zero attached hydrogens (tertiary/aromatic N) is 5. The molecule has 0 N–H and O–H groups in total. The zero-order valence-corrected chi connectivity index (χ0v) is 15.5. The average molecular weight is 367 g/mol. The Labute approximate surface area is 161 Å². The molecule has 0 bridgehead atoms. The molecule has 2 aromatic carbocycles. The molecule has 3 aromatic heterocycles. The second kappa shape index (κ2) is 6.42. The molecular weight excluding hydrogens is 350 g/mol. The molecule has 0 saturated carbocycles. The van der Waals surface area contributed by atoms with Crippen LogP contribution in [0, 0.1) is 13.8 Å². The fourth-order valence-corrected chi connectivity index (χ4v) is 3.28. The fraction of sp³-hybridized carbons (Fsp3) is 0.0909. The minimum absolute atomic E-state index is 0.554. The molecule has 0 fully saturated rings. The monoisotopic (exact) mass is 367 g/mol. The molecule has 0 aliphatic heterocycles. The van der Waals surface area contributed by atoms with Crippen molar-refractivity contribution >= 4 is 5.78 Å². The first kappa shape index (κ1) is 16.4. The molecule has 0 aliphatic rings. The summed E-state index contributed by atoms with van der Waals surface area (Å²) in [6.45, 7) is 3.75. The maximum atomic E-state index is 5.11. The number of fused-ring (bicyclic) bond motifs is 1. The van der Waals surface area contributed by atoms with E-state index in [0.29, 0.717) is 17.5 Å². The van der Waals surface area contributed by atoms with Crippen LogP contribution in [0.25, 0.3) is 39.5 Å². The van der Waals surface area contributed by atoms with Crippen molar-refractivity contribution in [3.63, 3.8) is 0 Å². The van der Waals surface area contributed by atoms with Crippen molar-refractivity contribution in [1.29, 1.82) is 0 Å². The Morgan fingerprint density at radius 3 is 2.29 bits per heavy atom. The van der Waals surface area contributed by atoms with Crippen LogP contribution in [0.15, 0.2) is 71.5 Å². The third kappa shape index (κ3) is 2.85. The molecule has 6 heteroatoms. The lowest BCUT2D eigenvalue weighted by atomic mass is 10.00. The van der Waals surface area contributed by atoms with E-state index in [1.54, 1.807) is 6.92 Å². The second-order valence-corrected chi connectivity index (χ2v) is 6.68. The van der Waals surface area contributed by atoms with Gasteiger partial charge in [0, 0.05) is 29.9 Å². The first-order valence-electron chi connectivity index (χ1n) is 9.00. The van der Waals surface area contributed by atoms with Crippen LogP contribution < -0.4 is 0 Å². The molecule has 0 unspecified atom stereocenters. The second-order valence-electron chi connectivity index (χ2n) is 6.68. The first-order valence-corrected chi connectivity index (χ1v) is 9.00. The van der Waals surface area contributed by atoms with E-state index in [9.17, 15) is 0 Å². The number of hydrogen-bond donors (Lipinski definition) is 0. The van der Waals surface area contributed by atoms with E-state index >= 15 is 0 Å². The Kier molecular flexibility index (Phi) is 3.76. The third-order valence-electron chi connectivity index (χ3n) is 4.66. The summed E-state index contributed by atoms with van der Waals surface area (Å²) in [6, 6.07) is 18.5. The molecule has 0 amide bonds. The van der Waals surface area contributed by atoms with Crippen molar-refractivity contribution in [3.05, 3.63) is 78.6 Å². The van der Waals surface area contributed by atoms with E-state index in [4.69, 9.17) is 4.52 Å². The molecule has 0 saturated heterocycles. The van der Waals surface area contributed by atoms with Gasteiger partial charge < -0.3 is 4.52 Å². The molecule has 5 rings (SSSR count). The van der Waals surface area contributed by atoms with E-state index in [2.05, 4.69) is 56.5 Å². The van der Waals surface area contributed by atoms with Crippen molar-refractivity contribution < 1.29 is 4.52 Å². The first-order chi connectivity index (χ1) is 13.7. The standard InChI is InChI=1S/C22H17N5O/c1-14-9-10-27-20(13-23-22(27)24-14)18-7-3-5-16(11-18)17-6-4-8-19(12-17)21-25-15(2)28-26-21/h3-13H,1-2H3. The lowest BCUT2D eigenvalue weighted by Crippen LogP contribution is -1.92. The van der Waals surface area contributed by atoms with Gasteiger partial charge in [0.05, 0.1) is 11.9 Å². The topological polar surface area (TPSA) is 69.1 Å². The van der Waals surface area contributed by atoms with Gasteiger partial charge in [-0.25, -0.2) is 9.97 Å².